The van der Waals surface area contributed by atoms with Crippen molar-refractivity contribution in [1.29, 1.82) is 0 Å². The van der Waals surface area contributed by atoms with Gasteiger partial charge < -0.3 is 14.2 Å². The molecule has 128 valence electrons. The minimum absolute atomic E-state index is 0.0143. The Bertz CT molecular complexity index is 936. The number of hydrogen-bond acceptors (Lipinski definition) is 6. The number of nitrogens with one attached hydrogen (secondary N) is 1. The zero-order valence-corrected chi connectivity index (χ0v) is 13.4. The van der Waals surface area contributed by atoms with Crippen LogP contribution in [0.5, 0.6) is 0 Å². The standard InChI is InChI=1S/C17H15N3O5/c1-2-15(22)18-12-7-5-11(6-8-12)13(21)10-20-17(23)25-16(19-20)14-4-3-9-24-14/h3-9H,2,10H2,1H3,(H,18,22). The molecule has 0 unspecified atom stereocenters. The third-order valence-electron chi connectivity index (χ3n) is 3.44. The number of Topliss-reactive ketones (excluding diaryl/α,β-unsaturated/α-hetero) is 1. The lowest BCUT2D eigenvalue weighted by atomic mass is 10.1. The molecule has 0 saturated carbocycles. The highest BCUT2D eigenvalue weighted by Crippen LogP contribution is 2.15. The Balaban J connectivity index is 1.72. The van der Waals surface area contributed by atoms with Gasteiger partial charge in [0.2, 0.25) is 5.91 Å². The number of anilines is 1. The summed E-state index contributed by atoms with van der Waals surface area (Å²) in [6, 6.07) is 9.64. The number of furan rings is 1. The molecule has 0 atom stereocenters. The summed E-state index contributed by atoms with van der Waals surface area (Å²) in [5.41, 5.74) is 0.992. The first-order chi connectivity index (χ1) is 12.1. The molecule has 3 rings (SSSR count). The van der Waals surface area contributed by atoms with Crippen LogP contribution in [0.15, 0.2) is 56.3 Å². The fraction of sp³-hybridized carbons (Fsp3) is 0.176. The SMILES string of the molecule is CCC(=O)Nc1ccc(C(=O)Cn2nc(-c3ccco3)oc2=O)cc1. The van der Waals surface area contributed by atoms with E-state index in [1.54, 1.807) is 43.3 Å². The Morgan fingerprint density at radius 1 is 1.20 bits per heavy atom. The second-order valence-electron chi connectivity index (χ2n) is 5.21. The van der Waals surface area contributed by atoms with Crippen LogP contribution in [0.25, 0.3) is 11.7 Å². The smallest absolute Gasteiger partial charge is 0.437 e. The lowest BCUT2D eigenvalue weighted by Gasteiger charge is -2.04. The van der Waals surface area contributed by atoms with E-state index < -0.39 is 5.76 Å². The summed E-state index contributed by atoms with van der Waals surface area (Å²) in [4.78, 5) is 35.4. The van der Waals surface area contributed by atoms with Crippen molar-refractivity contribution >= 4 is 17.4 Å². The van der Waals surface area contributed by atoms with Crippen LogP contribution >= 0.6 is 0 Å². The monoisotopic (exact) mass is 341 g/mol. The van der Waals surface area contributed by atoms with E-state index in [2.05, 4.69) is 10.4 Å². The molecule has 8 heteroatoms. The first-order valence-corrected chi connectivity index (χ1v) is 7.61. The second-order valence-corrected chi connectivity index (χ2v) is 5.21. The minimum Gasteiger partial charge on any atom is -0.459 e. The van der Waals surface area contributed by atoms with Crippen molar-refractivity contribution in [2.45, 2.75) is 19.9 Å². The molecule has 0 spiro atoms. The number of carbonyl (C=O) groups is 2. The van der Waals surface area contributed by atoms with Crippen molar-refractivity contribution in [1.82, 2.24) is 9.78 Å². The van der Waals surface area contributed by atoms with Gasteiger partial charge in [0, 0.05) is 17.7 Å². The molecule has 3 aromatic rings. The Hall–Kier alpha value is -3.42. The molecule has 25 heavy (non-hydrogen) atoms. The van der Waals surface area contributed by atoms with Crippen molar-refractivity contribution < 1.29 is 18.4 Å². The van der Waals surface area contributed by atoms with Gasteiger partial charge in [-0.2, -0.15) is 4.68 Å². The predicted octanol–water partition coefficient (Wildman–Crippen LogP) is 2.33. The Kier molecular flexibility index (Phi) is 4.60. The summed E-state index contributed by atoms with van der Waals surface area (Å²) in [6.07, 6.45) is 1.80. The second kappa shape index (κ2) is 7.00. The van der Waals surface area contributed by atoms with Crippen LogP contribution in [-0.2, 0) is 11.3 Å². The predicted molar refractivity (Wildman–Crippen MR) is 88.2 cm³/mol. The van der Waals surface area contributed by atoms with Gasteiger partial charge in [-0.15, -0.1) is 5.10 Å². The van der Waals surface area contributed by atoms with E-state index in [9.17, 15) is 14.4 Å². The van der Waals surface area contributed by atoms with E-state index in [1.807, 2.05) is 0 Å². The molecule has 0 aliphatic rings. The van der Waals surface area contributed by atoms with E-state index in [4.69, 9.17) is 8.83 Å². The number of carbonyl (C=O) groups excluding carboxylic acids is 2. The number of nitrogens with zero attached hydrogens (tertiary/aromatic N) is 2. The van der Waals surface area contributed by atoms with Crippen LogP contribution in [0.2, 0.25) is 0 Å². The van der Waals surface area contributed by atoms with Crippen LogP contribution in [0.4, 0.5) is 5.69 Å². The van der Waals surface area contributed by atoms with E-state index in [0.717, 1.165) is 4.68 Å². The summed E-state index contributed by atoms with van der Waals surface area (Å²) in [5, 5.41) is 6.64. The van der Waals surface area contributed by atoms with Crippen molar-refractivity contribution in [2.24, 2.45) is 0 Å². The Labute approximate surface area is 142 Å². The van der Waals surface area contributed by atoms with E-state index in [0.29, 0.717) is 23.4 Å². The van der Waals surface area contributed by atoms with Crippen LogP contribution < -0.4 is 11.1 Å². The largest absolute Gasteiger partial charge is 0.459 e. The highest BCUT2D eigenvalue weighted by atomic mass is 16.4. The number of ketones is 1. The van der Waals surface area contributed by atoms with Gasteiger partial charge in [0.1, 0.15) is 6.54 Å². The number of benzene rings is 1. The molecule has 1 amide bonds. The average molecular weight is 341 g/mol. The Morgan fingerprint density at radius 2 is 1.96 bits per heavy atom. The lowest BCUT2D eigenvalue weighted by molar-refractivity contribution is -0.115. The van der Waals surface area contributed by atoms with Gasteiger partial charge in [0.15, 0.2) is 11.5 Å². The number of rotatable bonds is 6. The Morgan fingerprint density at radius 3 is 2.60 bits per heavy atom. The molecule has 1 N–H and O–H groups in total. The number of aromatic nitrogens is 2. The average Bonchev–Trinajstić information content (AvgIpc) is 3.26. The van der Waals surface area contributed by atoms with E-state index in [1.165, 1.54) is 6.26 Å². The van der Waals surface area contributed by atoms with Crippen molar-refractivity contribution in [3.63, 3.8) is 0 Å². The van der Waals surface area contributed by atoms with E-state index in [-0.39, 0.29) is 24.1 Å². The van der Waals surface area contributed by atoms with E-state index >= 15 is 0 Å². The van der Waals surface area contributed by atoms with Crippen molar-refractivity contribution in [2.75, 3.05) is 5.32 Å². The van der Waals surface area contributed by atoms with Crippen LogP contribution in [0, 0.1) is 0 Å². The van der Waals surface area contributed by atoms with Gasteiger partial charge in [-0.3, -0.25) is 9.59 Å². The van der Waals surface area contributed by atoms with Gasteiger partial charge in [0.05, 0.1) is 6.26 Å². The minimum atomic E-state index is -0.744. The van der Waals surface area contributed by atoms with Crippen molar-refractivity contribution in [3.8, 4) is 11.7 Å². The van der Waals surface area contributed by atoms with Crippen molar-refractivity contribution in [3.05, 3.63) is 58.8 Å². The molecule has 0 fully saturated rings. The molecular weight excluding hydrogens is 326 g/mol. The van der Waals surface area contributed by atoms with Gasteiger partial charge in [-0.1, -0.05) is 6.92 Å². The molecule has 1 aromatic carbocycles. The highest BCUT2D eigenvalue weighted by Gasteiger charge is 2.16. The maximum Gasteiger partial charge on any atom is 0.437 e. The number of hydrogen-bond donors (Lipinski definition) is 1. The van der Waals surface area contributed by atoms with Crippen LogP contribution in [-0.4, -0.2) is 21.5 Å². The fourth-order valence-corrected chi connectivity index (χ4v) is 2.12. The number of amides is 1. The summed E-state index contributed by atoms with van der Waals surface area (Å²) >= 11 is 0. The summed E-state index contributed by atoms with van der Waals surface area (Å²) in [5.74, 6) is -0.847. The normalized spacial score (nSPS) is 10.6. The summed E-state index contributed by atoms with van der Waals surface area (Å²) in [6.45, 7) is 1.49. The summed E-state index contributed by atoms with van der Waals surface area (Å²) in [7, 11) is 0. The third kappa shape index (κ3) is 3.74. The maximum absolute atomic E-state index is 12.3. The molecule has 2 aromatic heterocycles. The topological polar surface area (TPSA) is 107 Å². The molecule has 0 aliphatic heterocycles. The molecule has 0 aliphatic carbocycles. The molecular formula is C17H15N3O5. The summed E-state index contributed by atoms with van der Waals surface area (Å²) < 4.78 is 11.0. The maximum atomic E-state index is 12.3. The first-order valence-electron chi connectivity index (χ1n) is 7.61. The zero-order chi connectivity index (χ0) is 17.8. The fourth-order valence-electron chi connectivity index (χ4n) is 2.12. The van der Waals surface area contributed by atoms with Gasteiger partial charge in [-0.25, -0.2) is 4.79 Å². The highest BCUT2D eigenvalue weighted by molar-refractivity contribution is 5.97. The lowest BCUT2D eigenvalue weighted by Crippen LogP contribution is -2.21. The zero-order valence-electron chi connectivity index (χ0n) is 13.4. The van der Waals surface area contributed by atoms with Gasteiger partial charge in [-0.05, 0) is 36.4 Å². The van der Waals surface area contributed by atoms with Crippen LogP contribution in [0.1, 0.15) is 23.7 Å². The molecule has 0 radical (unpaired) electrons. The molecule has 0 saturated heterocycles. The third-order valence-corrected chi connectivity index (χ3v) is 3.44. The first kappa shape index (κ1) is 16.4. The van der Waals surface area contributed by atoms with Gasteiger partial charge >= 0.3 is 5.76 Å². The quantitative estimate of drug-likeness (QED) is 0.690. The molecule has 2 heterocycles. The van der Waals surface area contributed by atoms with Crippen LogP contribution in [0.3, 0.4) is 0 Å². The molecule has 8 nitrogen and oxygen atoms in total. The molecule has 0 bridgehead atoms. The van der Waals surface area contributed by atoms with Gasteiger partial charge in [0.25, 0.3) is 5.89 Å².